The molecule has 0 aliphatic carbocycles. The number of esters is 2. The molecule has 0 radical (unpaired) electrons. The molecule has 0 aromatic rings. The van der Waals surface area contributed by atoms with Gasteiger partial charge in [-0.3, -0.25) is 9.59 Å². The summed E-state index contributed by atoms with van der Waals surface area (Å²) < 4.78 is 10.6. The van der Waals surface area contributed by atoms with Crippen molar-refractivity contribution >= 4 is 11.9 Å². The molecule has 1 N–H and O–H groups in total. The lowest BCUT2D eigenvalue weighted by Crippen LogP contribution is -2.28. The lowest BCUT2D eigenvalue weighted by Gasteiger charge is -2.15. The quantitative estimate of drug-likeness (QED) is 0.0374. The van der Waals surface area contributed by atoms with Crippen molar-refractivity contribution in [3.63, 3.8) is 0 Å². The number of rotatable bonds is 47. The molecular formula is C59H98O5. The Morgan fingerprint density at radius 3 is 1.02 bits per heavy atom. The first kappa shape index (κ1) is 60.6. The van der Waals surface area contributed by atoms with Crippen molar-refractivity contribution in [3.05, 3.63) is 109 Å². The Balaban J connectivity index is 3.49. The third-order valence-electron chi connectivity index (χ3n) is 11.1. The molecule has 0 heterocycles. The summed E-state index contributed by atoms with van der Waals surface area (Å²) >= 11 is 0. The van der Waals surface area contributed by atoms with Gasteiger partial charge in [0.05, 0.1) is 13.0 Å². The van der Waals surface area contributed by atoms with Gasteiger partial charge in [0.15, 0.2) is 6.10 Å². The van der Waals surface area contributed by atoms with Gasteiger partial charge in [-0.15, -0.1) is 0 Å². The van der Waals surface area contributed by atoms with Crippen LogP contribution in [0.5, 0.6) is 0 Å². The highest BCUT2D eigenvalue weighted by Gasteiger charge is 2.15. The van der Waals surface area contributed by atoms with E-state index in [4.69, 9.17) is 9.47 Å². The molecule has 0 amide bonds. The summed E-state index contributed by atoms with van der Waals surface area (Å²) in [7, 11) is 0. The van der Waals surface area contributed by atoms with Gasteiger partial charge in [-0.1, -0.05) is 252 Å². The van der Waals surface area contributed by atoms with Crippen LogP contribution in [-0.4, -0.2) is 36.4 Å². The zero-order valence-corrected chi connectivity index (χ0v) is 41.5. The van der Waals surface area contributed by atoms with Crippen molar-refractivity contribution in [2.45, 2.75) is 238 Å². The number of carbonyl (C=O) groups excluding carboxylic acids is 2. The third kappa shape index (κ3) is 51.2. The Morgan fingerprint density at radius 2 is 0.672 bits per heavy atom. The molecule has 1 unspecified atom stereocenters. The Bertz CT molecular complexity index is 1280. The van der Waals surface area contributed by atoms with Crippen molar-refractivity contribution in [1.29, 1.82) is 0 Å². The van der Waals surface area contributed by atoms with Crippen LogP contribution in [0.2, 0.25) is 0 Å². The maximum atomic E-state index is 12.2. The van der Waals surface area contributed by atoms with E-state index in [9.17, 15) is 14.7 Å². The fourth-order valence-electron chi connectivity index (χ4n) is 7.21. The van der Waals surface area contributed by atoms with Gasteiger partial charge < -0.3 is 14.6 Å². The highest BCUT2D eigenvalue weighted by molar-refractivity contribution is 5.71. The fourth-order valence-corrected chi connectivity index (χ4v) is 7.21. The Labute approximate surface area is 395 Å². The van der Waals surface area contributed by atoms with E-state index in [1.165, 1.54) is 128 Å². The molecule has 0 spiro atoms. The number of aliphatic hydroxyl groups is 1. The Kier molecular flexibility index (Phi) is 51.0. The molecule has 0 aromatic heterocycles. The van der Waals surface area contributed by atoms with Crippen LogP contribution >= 0.6 is 0 Å². The van der Waals surface area contributed by atoms with E-state index >= 15 is 0 Å². The van der Waals surface area contributed by atoms with Gasteiger partial charge in [-0.2, -0.15) is 0 Å². The molecule has 0 saturated carbocycles. The number of aliphatic hydroxyl groups excluding tert-OH is 1. The Morgan fingerprint density at radius 1 is 0.375 bits per heavy atom. The van der Waals surface area contributed by atoms with Crippen molar-refractivity contribution in [3.8, 4) is 0 Å². The van der Waals surface area contributed by atoms with E-state index < -0.39 is 12.1 Å². The first-order chi connectivity index (χ1) is 31.6. The van der Waals surface area contributed by atoms with Gasteiger partial charge in [-0.05, 0) is 77.0 Å². The monoisotopic (exact) mass is 887 g/mol. The summed E-state index contributed by atoms with van der Waals surface area (Å²) in [5.74, 6) is -0.738. The van der Waals surface area contributed by atoms with Gasteiger partial charge in [0.25, 0.3) is 0 Å². The lowest BCUT2D eigenvalue weighted by molar-refractivity contribution is -0.160. The molecule has 0 aliphatic rings. The molecule has 64 heavy (non-hydrogen) atoms. The van der Waals surface area contributed by atoms with Crippen LogP contribution < -0.4 is 0 Å². The van der Waals surface area contributed by atoms with Gasteiger partial charge >= 0.3 is 11.9 Å². The summed E-state index contributed by atoms with van der Waals surface area (Å²) in [6, 6.07) is 0. The zero-order valence-electron chi connectivity index (χ0n) is 41.5. The summed E-state index contributed by atoms with van der Waals surface area (Å²) in [6.07, 6.45) is 78.1. The van der Waals surface area contributed by atoms with Crippen LogP contribution in [0.4, 0.5) is 0 Å². The van der Waals surface area contributed by atoms with Crippen molar-refractivity contribution in [1.82, 2.24) is 0 Å². The van der Waals surface area contributed by atoms with E-state index in [2.05, 4.69) is 111 Å². The van der Waals surface area contributed by atoms with Gasteiger partial charge in [-0.25, -0.2) is 0 Å². The maximum absolute atomic E-state index is 12.2. The van der Waals surface area contributed by atoms with E-state index in [0.29, 0.717) is 6.42 Å². The minimum absolute atomic E-state index is 0.109. The molecule has 0 saturated heterocycles. The zero-order chi connectivity index (χ0) is 46.3. The molecule has 0 aliphatic heterocycles. The van der Waals surface area contributed by atoms with E-state index in [1.807, 2.05) is 6.08 Å². The minimum Gasteiger partial charge on any atom is -0.462 e. The molecule has 1 atom stereocenters. The second-order valence-corrected chi connectivity index (χ2v) is 17.2. The SMILES string of the molecule is CC/C=C\C/C=C\C/C=C\C/C=C\C/C=C\CC(=O)OC(CO)COC(=O)CCCCCCCCCCCCCCCCCCCCCCCC/C=C\C/C=C\C/C=C\C/C=C\CC. The fraction of sp³-hybridized carbons (Fsp3) is 0.661. The second kappa shape index (κ2) is 53.9. The van der Waals surface area contributed by atoms with Crippen molar-refractivity contribution in [2.75, 3.05) is 13.2 Å². The number of ether oxygens (including phenoxy) is 2. The van der Waals surface area contributed by atoms with Crippen LogP contribution in [0, 0.1) is 0 Å². The number of unbranched alkanes of at least 4 members (excludes halogenated alkanes) is 22. The topological polar surface area (TPSA) is 72.8 Å². The first-order valence-electron chi connectivity index (χ1n) is 26.4. The molecule has 364 valence electrons. The van der Waals surface area contributed by atoms with Gasteiger partial charge in [0, 0.05) is 6.42 Å². The predicted molar refractivity (Wildman–Crippen MR) is 279 cm³/mol. The van der Waals surface area contributed by atoms with Gasteiger partial charge in [0.2, 0.25) is 0 Å². The molecule has 0 aromatic carbocycles. The average molecular weight is 887 g/mol. The molecule has 5 heteroatoms. The van der Waals surface area contributed by atoms with E-state index in [0.717, 1.165) is 77.0 Å². The molecule has 5 nitrogen and oxygen atoms in total. The Hall–Kier alpha value is -3.44. The molecular weight excluding hydrogens is 789 g/mol. The number of hydrogen-bond acceptors (Lipinski definition) is 5. The normalized spacial score (nSPS) is 13.1. The van der Waals surface area contributed by atoms with Gasteiger partial charge in [0.1, 0.15) is 6.61 Å². The summed E-state index contributed by atoms with van der Waals surface area (Å²) in [4.78, 5) is 24.3. The number of carbonyl (C=O) groups is 2. The van der Waals surface area contributed by atoms with E-state index in [1.54, 1.807) is 6.08 Å². The van der Waals surface area contributed by atoms with Crippen LogP contribution in [0.25, 0.3) is 0 Å². The molecule has 0 bridgehead atoms. The minimum atomic E-state index is -0.830. The predicted octanol–water partition coefficient (Wildman–Crippen LogP) is 17.7. The van der Waals surface area contributed by atoms with Crippen LogP contribution in [-0.2, 0) is 19.1 Å². The average Bonchev–Trinajstić information content (AvgIpc) is 3.30. The smallest absolute Gasteiger partial charge is 0.310 e. The lowest BCUT2D eigenvalue weighted by atomic mass is 10.0. The van der Waals surface area contributed by atoms with Crippen molar-refractivity contribution in [2.24, 2.45) is 0 Å². The molecule has 0 rings (SSSR count). The second-order valence-electron chi connectivity index (χ2n) is 17.2. The van der Waals surface area contributed by atoms with Crippen LogP contribution in [0.3, 0.4) is 0 Å². The first-order valence-corrected chi connectivity index (χ1v) is 26.4. The third-order valence-corrected chi connectivity index (χ3v) is 11.1. The van der Waals surface area contributed by atoms with Crippen LogP contribution in [0.15, 0.2) is 109 Å². The largest absolute Gasteiger partial charge is 0.462 e. The van der Waals surface area contributed by atoms with E-state index in [-0.39, 0.29) is 25.6 Å². The summed E-state index contributed by atoms with van der Waals surface area (Å²) in [5.41, 5.74) is 0. The highest BCUT2D eigenvalue weighted by atomic mass is 16.6. The summed E-state index contributed by atoms with van der Waals surface area (Å²) in [5, 5.41) is 9.59. The van der Waals surface area contributed by atoms with Crippen LogP contribution in [0.1, 0.15) is 232 Å². The summed E-state index contributed by atoms with van der Waals surface area (Å²) in [6.45, 7) is 3.83. The maximum Gasteiger partial charge on any atom is 0.310 e. The van der Waals surface area contributed by atoms with Crippen molar-refractivity contribution < 1.29 is 24.2 Å². The number of hydrogen-bond donors (Lipinski definition) is 1. The molecule has 0 fully saturated rings. The number of allylic oxidation sites excluding steroid dienone is 17. The standard InChI is InChI=1S/C59H98O5/c1-3-5-7-9-11-13-15-17-19-20-21-22-23-24-25-26-27-28-29-30-31-32-33-34-35-36-37-38-40-41-43-45-47-49-51-53-58(61)63-56-57(55-60)64-59(62)54-52-50-48-46-44-42-39-18-16-14-12-10-8-6-4-2/h5-8,11-14,17-19,21-22,39,44,46,50,52,57,60H,3-4,9-10,15-16,20,23-38,40-43,45,47-49,51,53-56H2,1-2H3/b7-5-,8-6-,13-11-,14-12-,19-17-,22-21-,39-18-,46-44-,52-50-. The highest BCUT2D eigenvalue weighted by Crippen LogP contribution is 2.16.